The number of anilines is 2. The second-order valence-electron chi connectivity index (χ2n) is 5.65. The highest BCUT2D eigenvalue weighted by molar-refractivity contribution is 6.01. The number of nitrogen functional groups attached to an aromatic ring is 1. The van der Waals surface area contributed by atoms with E-state index in [1.54, 1.807) is 44.2 Å². The van der Waals surface area contributed by atoms with Crippen LogP contribution in [0.25, 0.3) is 0 Å². The first-order valence-electron chi connectivity index (χ1n) is 6.89. The van der Waals surface area contributed by atoms with Gasteiger partial charge in [-0.05, 0) is 32.0 Å². The van der Waals surface area contributed by atoms with E-state index in [0.717, 1.165) is 0 Å². The molecule has 0 unspecified atom stereocenters. The third-order valence-electron chi connectivity index (χ3n) is 3.53. The van der Waals surface area contributed by atoms with Gasteiger partial charge in [0.2, 0.25) is 0 Å². The van der Waals surface area contributed by atoms with E-state index in [9.17, 15) is 9.18 Å². The molecule has 2 heterocycles. The molecule has 2 N–H and O–H groups in total. The Morgan fingerprint density at radius 2 is 2.00 bits per heavy atom. The molecule has 5 nitrogen and oxygen atoms in total. The molecular weight excluding hydrogens is 285 g/mol. The summed E-state index contributed by atoms with van der Waals surface area (Å²) in [5, 5.41) is 0. The summed E-state index contributed by atoms with van der Waals surface area (Å²) in [6.45, 7) is 3.41. The number of carbonyl (C=O) groups is 1. The molecule has 0 spiro atoms. The summed E-state index contributed by atoms with van der Waals surface area (Å²) in [6, 6.07) is 9.60. The van der Waals surface area contributed by atoms with E-state index < -0.39 is 5.60 Å². The maximum atomic E-state index is 13.9. The minimum Gasteiger partial charge on any atom is -0.474 e. The van der Waals surface area contributed by atoms with Crippen molar-refractivity contribution in [3.05, 3.63) is 47.8 Å². The average molecular weight is 301 g/mol. The van der Waals surface area contributed by atoms with Gasteiger partial charge in [-0.15, -0.1) is 0 Å². The van der Waals surface area contributed by atoms with Crippen LogP contribution in [0.2, 0.25) is 0 Å². The van der Waals surface area contributed by atoms with Crippen LogP contribution in [0.15, 0.2) is 36.4 Å². The van der Waals surface area contributed by atoms with Crippen molar-refractivity contribution in [1.29, 1.82) is 0 Å². The summed E-state index contributed by atoms with van der Waals surface area (Å²) in [7, 11) is 0. The van der Waals surface area contributed by atoms with Gasteiger partial charge in [0.15, 0.2) is 17.2 Å². The normalized spacial score (nSPS) is 16.1. The van der Waals surface area contributed by atoms with Crippen LogP contribution >= 0.6 is 0 Å². The molecular formula is C16H16FN3O2. The number of nitrogens with two attached hydrogens (primary N) is 1. The molecule has 1 aliphatic heterocycles. The first kappa shape index (κ1) is 14.3. The maximum absolute atomic E-state index is 13.9. The lowest BCUT2D eigenvalue weighted by Gasteiger charge is -2.38. The topological polar surface area (TPSA) is 68.5 Å². The molecule has 0 atom stereocenters. The molecule has 3 rings (SSSR count). The van der Waals surface area contributed by atoms with Gasteiger partial charge in [-0.2, -0.15) is 0 Å². The monoisotopic (exact) mass is 301 g/mol. The van der Waals surface area contributed by atoms with Gasteiger partial charge in [-0.1, -0.05) is 18.2 Å². The highest BCUT2D eigenvalue weighted by Gasteiger charge is 2.42. The summed E-state index contributed by atoms with van der Waals surface area (Å²) < 4.78 is 19.6. The van der Waals surface area contributed by atoms with Crippen molar-refractivity contribution in [2.75, 3.05) is 10.6 Å². The van der Waals surface area contributed by atoms with Gasteiger partial charge in [-0.3, -0.25) is 9.69 Å². The number of fused-ring (bicyclic) bond motifs is 1. The number of halogens is 1. The lowest BCUT2D eigenvalue weighted by atomic mass is 10.0. The Balaban J connectivity index is 2.07. The number of hydrogen-bond acceptors (Lipinski definition) is 4. The standard InChI is InChI=1S/C16H16FN3O2/c1-16(2)15(21)20(9-10-5-3-4-6-11(10)17)14-12(22-16)7-8-13(18)19-14/h3-8H,9H2,1-2H3,(H2,18,19). The Morgan fingerprint density at radius 1 is 1.27 bits per heavy atom. The Labute approximate surface area is 127 Å². The van der Waals surface area contributed by atoms with Crippen molar-refractivity contribution in [2.45, 2.75) is 26.0 Å². The SMILES string of the molecule is CC1(C)Oc2ccc(N)nc2N(Cc2ccccc2F)C1=O. The van der Waals surface area contributed by atoms with Gasteiger partial charge < -0.3 is 10.5 Å². The van der Waals surface area contributed by atoms with Crippen LogP contribution in [0.1, 0.15) is 19.4 Å². The Hall–Kier alpha value is -2.63. The van der Waals surface area contributed by atoms with Crippen LogP contribution in [-0.4, -0.2) is 16.5 Å². The van der Waals surface area contributed by atoms with Gasteiger partial charge in [0, 0.05) is 5.56 Å². The number of benzene rings is 1. The first-order valence-corrected chi connectivity index (χ1v) is 6.89. The third-order valence-corrected chi connectivity index (χ3v) is 3.53. The molecule has 2 aromatic rings. The molecule has 0 bridgehead atoms. The van der Waals surface area contributed by atoms with Crippen LogP contribution in [0.5, 0.6) is 5.75 Å². The van der Waals surface area contributed by atoms with E-state index in [-0.39, 0.29) is 24.1 Å². The summed E-state index contributed by atoms with van der Waals surface area (Å²) in [5.41, 5.74) is 5.06. The lowest BCUT2D eigenvalue weighted by Crippen LogP contribution is -2.52. The van der Waals surface area contributed by atoms with Gasteiger partial charge in [0.1, 0.15) is 11.6 Å². The zero-order valence-electron chi connectivity index (χ0n) is 12.3. The zero-order valence-corrected chi connectivity index (χ0v) is 12.3. The number of amides is 1. The van der Waals surface area contributed by atoms with Crippen LogP contribution in [0.3, 0.4) is 0 Å². The molecule has 0 radical (unpaired) electrons. The van der Waals surface area contributed by atoms with Crippen LogP contribution < -0.4 is 15.4 Å². The van der Waals surface area contributed by atoms with Gasteiger partial charge in [0.25, 0.3) is 5.91 Å². The maximum Gasteiger partial charge on any atom is 0.272 e. The van der Waals surface area contributed by atoms with Gasteiger partial charge >= 0.3 is 0 Å². The molecule has 1 amide bonds. The molecule has 22 heavy (non-hydrogen) atoms. The quantitative estimate of drug-likeness (QED) is 0.925. The number of hydrogen-bond donors (Lipinski definition) is 1. The molecule has 1 aromatic heterocycles. The van der Waals surface area contributed by atoms with Crippen molar-refractivity contribution in [2.24, 2.45) is 0 Å². The van der Waals surface area contributed by atoms with Gasteiger partial charge in [-0.25, -0.2) is 9.37 Å². The first-order chi connectivity index (χ1) is 10.4. The Kier molecular flexibility index (Phi) is 3.24. The number of carbonyl (C=O) groups excluding carboxylic acids is 1. The van der Waals surface area contributed by atoms with Crippen molar-refractivity contribution in [1.82, 2.24) is 4.98 Å². The predicted octanol–water partition coefficient (Wildman–Crippen LogP) is 2.51. The molecule has 1 aliphatic rings. The summed E-state index contributed by atoms with van der Waals surface area (Å²) in [6.07, 6.45) is 0. The molecule has 0 saturated heterocycles. The number of ether oxygens (including phenoxy) is 1. The predicted molar refractivity (Wildman–Crippen MR) is 80.9 cm³/mol. The second-order valence-corrected chi connectivity index (χ2v) is 5.65. The van der Waals surface area contributed by atoms with E-state index in [1.165, 1.54) is 11.0 Å². The van der Waals surface area contributed by atoms with Crippen LogP contribution in [-0.2, 0) is 11.3 Å². The van der Waals surface area contributed by atoms with E-state index in [2.05, 4.69) is 4.98 Å². The summed E-state index contributed by atoms with van der Waals surface area (Å²) in [4.78, 5) is 18.2. The third kappa shape index (κ3) is 2.36. The van der Waals surface area contributed by atoms with Crippen LogP contribution in [0, 0.1) is 5.82 Å². The minimum absolute atomic E-state index is 0.0712. The highest BCUT2D eigenvalue weighted by Crippen LogP contribution is 2.37. The summed E-state index contributed by atoms with van der Waals surface area (Å²) >= 11 is 0. The fourth-order valence-electron chi connectivity index (χ4n) is 2.41. The molecule has 0 saturated carbocycles. The largest absolute Gasteiger partial charge is 0.474 e. The van der Waals surface area contributed by atoms with Crippen molar-refractivity contribution < 1.29 is 13.9 Å². The van der Waals surface area contributed by atoms with Gasteiger partial charge in [0.05, 0.1) is 6.54 Å². The molecule has 6 heteroatoms. The van der Waals surface area contributed by atoms with E-state index in [4.69, 9.17) is 10.5 Å². The van der Waals surface area contributed by atoms with Crippen LogP contribution in [0.4, 0.5) is 16.0 Å². The van der Waals surface area contributed by atoms with Crippen molar-refractivity contribution in [3.63, 3.8) is 0 Å². The zero-order chi connectivity index (χ0) is 15.9. The molecule has 0 aliphatic carbocycles. The lowest BCUT2D eigenvalue weighted by molar-refractivity contribution is -0.132. The van der Waals surface area contributed by atoms with E-state index >= 15 is 0 Å². The Bertz CT molecular complexity index is 746. The summed E-state index contributed by atoms with van der Waals surface area (Å²) in [5.74, 6) is 0.377. The Morgan fingerprint density at radius 3 is 2.73 bits per heavy atom. The molecule has 114 valence electrons. The smallest absolute Gasteiger partial charge is 0.272 e. The number of pyridine rings is 1. The fraction of sp³-hybridized carbons (Fsp3) is 0.250. The highest BCUT2D eigenvalue weighted by atomic mass is 19.1. The fourth-order valence-corrected chi connectivity index (χ4v) is 2.41. The average Bonchev–Trinajstić information content (AvgIpc) is 2.46. The second kappa shape index (κ2) is 4.98. The van der Waals surface area contributed by atoms with E-state index in [0.29, 0.717) is 17.1 Å². The van der Waals surface area contributed by atoms with Crippen molar-refractivity contribution >= 4 is 17.5 Å². The minimum atomic E-state index is -1.05. The van der Waals surface area contributed by atoms with Crippen molar-refractivity contribution in [3.8, 4) is 5.75 Å². The number of rotatable bonds is 2. The molecule has 1 aromatic carbocycles. The van der Waals surface area contributed by atoms with E-state index in [1.807, 2.05) is 0 Å². The number of aromatic nitrogens is 1. The number of nitrogens with zero attached hydrogens (tertiary/aromatic N) is 2. The molecule has 0 fully saturated rings.